The summed E-state index contributed by atoms with van der Waals surface area (Å²) in [6, 6.07) is 8.17. The van der Waals surface area contributed by atoms with Gasteiger partial charge in [0.25, 0.3) is 0 Å². The molecule has 5 heteroatoms. The van der Waals surface area contributed by atoms with E-state index in [1.807, 2.05) is 12.1 Å². The molecule has 0 spiro atoms. The Bertz CT molecular complexity index is 557. The lowest BCUT2D eigenvalue weighted by Crippen LogP contribution is -2.30. The lowest BCUT2D eigenvalue weighted by molar-refractivity contribution is 0.543. The Hall–Kier alpha value is -1.30. The summed E-state index contributed by atoms with van der Waals surface area (Å²) in [6.07, 6.45) is 0. The molecular weight excluding hydrogens is 256 g/mol. The number of hydrogen-bond acceptors (Lipinski definition) is 5. The Morgan fingerprint density at radius 3 is 2.53 bits per heavy atom. The molecule has 0 saturated carbocycles. The van der Waals surface area contributed by atoms with Crippen LogP contribution in [0.25, 0.3) is 0 Å². The monoisotopic (exact) mass is 276 g/mol. The first-order valence-corrected chi connectivity index (χ1v) is 7.07. The maximum Gasteiger partial charge on any atom is 0.0861 e. The number of aryl methyl sites for hydroxylation is 1. The Balaban J connectivity index is 2.50. The minimum absolute atomic E-state index is 0.0415. The molecule has 0 aliphatic heterocycles. The van der Waals surface area contributed by atoms with E-state index in [4.69, 9.17) is 5.84 Å². The van der Waals surface area contributed by atoms with Gasteiger partial charge in [0.15, 0.2) is 0 Å². The molecule has 4 nitrogen and oxygen atoms in total. The van der Waals surface area contributed by atoms with Gasteiger partial charge in [0.1, 0.15) is 0 Å². The summed E-state index contributed by atoms with van der Waals surface area (Å²) < 4.78 is 4.11. The standard InChI is InChI=1S/C14H20N4S/c1-9-7-5-6-8-10(9)11(16-15)12-13(14(2,3)4)17-18-19-12/h5-8,11,16H,15H2,1-4H3. The largest absolute Gasteiger partial charge is 0.271 e. The van der Waals surface area contributed by atoms with Crippen molar-refractivity contribution in [3.05, 3.63) is 46.0 Å². The zero-order chi connectivity index (χ0) is 14.0. The molecule has 2 rings (SSSR count). The smallest absolute Gasteiger partial charge is 0.0861 e. The molecule has 1 heterocycles. The van der Waals surface area contributed by atoms with E-state index in [9.17, 15) is 0 Å². The number of hydrogen-bond donors (Lipinski definition) is 2. The summed E-state index contributed by atoms with van der Waals surface area (Å²) in [7, 11) is 0. The summed E-state index contributed by atoms with van der Waals surface area (Å²) in [6.45, 7) is 8.50. The fourth-order valence-electron chi connectivity index (χ4n) is 2.12. The molecular formula is C14H20N4S. The third-order valence-corrected chi connectivity index (χ3v) is 3.94. The summed E-state index contributed by atoms with van der Waals surface area (Å²) in [5.74, 6) is 5.78. The van der Waals surface area contributed by atoms with E-state index < -0.39 is 0 Å². The lowest BCUT2D eigenvalue weighted by atomic mass is 9.88. The predicted molar refractivity (Wildman–Crippen MR) is 79.0 cm³/mol. The zero-order valence-electron chi connectivity index (χ0n) is 11.8. The second kappa shape index (κ2) is 5.36. The quantitative estimate of drug-likeness (QED) is 0.668. The van der Waals surface area contributed by atoms with Crippen LogP contribution in [-0.2, 0) is 5.41 Å². The second-order valence-electron chi connectivity index (χ2n) is 5.69. The van der Waals surface area contributed by atoms with E-state index in [1.165, 1.54) is 22.7 Å². The topological polar surface area (TPSA) is 63.8 Å². The molecule has 2 aromatic rings. The van der Waals surface area contributed by atoms with Crippen LogP contribution in [-0.4, -0.2) is 9.59 Å². The third-order valence-electron chi connectivity index (χ3n) is 3.15. The van der Waals surface area contributed by atoms with Crippen molar-refractivity contribution in [2.24, 2.45) is 5.84 Å². The van der Waals surface area contributed by atoms with Crippen LogP contribution in [0.15, 0.2) is 24.3 Å². The number of hydrazine groups is 1. The molecule has 1 aromatic heterocycles. The van der Waals surface area contributed by atoms with Crippen LogP contribution in [0.3, 0.4) is 0 Å². The van der Waals surface area contributed by atoms with Crippen LogP contribution in [0.4, 0.5) is 0 Å². The van der Waals surface area contributed by atoms with Gasteiger partial charge in [0, 0.05) is 5.41 Å². The van der Waals surface area contributed by atoms with Crippen molar-refractivity contribution < 1.29 is 0 Å². The molecule has 1 aromatic carbocycles. The first-order valence-electron chi connectivity index (χ1n) is 6.29. The van der Waals surface area contributed by atoms with Crippen LogP contribution >= 0.6 is 11.5 Å². The first-order chi connectivity index (χ1) is 8.95. The van der Waals surface area contributed by atoms with Gasteiger partial charge in [-0.25, -0.2) is 5.43 Å². The summed E-state index contributed by atoms with van der Waals surface area (Å²) >= 11 is 1.41. The van der Waals surface area contributed by atoms with Crippen LogP contribution < -0.4 is 11.3 Å². The number of nitrogens with two attached hydrogens (primary N) is 1. The van der Waals surface area contributed by atoms with Crippen molar-refractivity contribution in [1.29, 1.82) is 0 Å². The van der Waals surface area contributed by atoms with E-state index in [2.05, 4.69) is 54.8 Å². The molecule has 19 heavy (non-hydrogen) atoms. The predicted octanol–water partition coefficient (Wildman–Crippen LogP) is 2.70. The molecule has 0 bridgehead atoms. The average molecular weight is 276 g/mol. The molecule has 0 aliphatic rings. The van der Waals surface area contributed by atoms with Crippen molar-refractivity contribution in [3.63, 3.8) is 0 Å². The highest BCUT2D eigenvalue weighted by Gasteiger charge is 2.28. The first kappa shape index (κ1) is 14.1. The van der Waals surface area contributed by atoms with Crippen LogP contribution in [0, 0.1) is 6.92 Å². The molecule has 1 atom stereocenters. The van der Waals surface area contributed by atoms with Crippen molar-refractivity contribution in [1.82, 2.24) is 15.0 Å². The molecule has 0 aliphatic carbocycles. The molecule has 102 valence electrons. The highest BCUT2D eigenvalue weighted by atomic mass is 32.1. The van der Waals surface area contributed by atoms with Gasteiger partial charge in [-0.2, -0.15) is 0 Å². The zero-order valence-corrected chi connectivity index (χ0v) is 12.6. The van der Waals surface area contributed by atoms with Crippen LogP contribution in [0.1, 0.15) is 48.5 Å². The van der Waals surface area contributed by atoms with Gasteiger partial charge in [-0.15, -0.1) is 5.10 Å². The van der Waals surface area contributed by atoms with E-state index in [0.29, 0.717) is 0 Å². The minimum Gasteiger partial charge on any atom is -0.271 e. The molecule has 0 radical (unpaired) electrons. The van der Waals surface area contributed by atoms with E-state index >= 15 is 0 Å². The summed E-state index contributed by atoms with van der Waals surface area (Å²) in [5.41, 5.74) is 6.24. The number of benzene rings is 1. The summed E-state index contributed by atoms with van der Waals surface area (Å²) in [5, 5.41) is 4.28. The average Bonchev–Trinajstić information content (AvgIpc) is 2.81. The van der Waals surface area contributed by atoms with E-state index in [0.717, 1.165) is 10.6 Å². The van der Waals surface area contributed by atoms with Crippen molar-refractivity contribution in [2.45, 2.75) is 39.2 Å². The van der Waals surface area contributed by atoms with E-state index in [-0.39, 0.29) is 11.5 Å². The minimum atomic E-state index is -0.0598. The van der Waals surface area contributed by atoms with Crippen molar-refractivity contribution >= 4 is 11.5 Å². The van der Waals surface area contributed by atoms with Gasteiger partial charge in [0.2, 0.25) is 0 Å². The highest BCUT2D eigenvalue weighted by molar-refractivity contribution is 7.05. The summed E-state index contributed by atoms with van der Waals surface area (Å²) in [4.78, 5) is 1.09. The lowest BCUT2D eigenvalue weighted by Gasteiger charge is -2.22. The maximum absolute atomic E-state index is 5.78. The van der Waals surface area contributed by atoms with Crippen LogP contribution in [0.5, 0.6) is 0 Å². The molecule has 3 N–H and O–H groups in total. The third kappa shape index (κ3) is 2.83. The van der Waals surface area contributed by atoms with Gasteiger partial charge in [-0.1, -0.05) is 49.5 Å². The number of rotatable bonds is 3. The Labute approximate surface area is 118 Å². The Kier molecular flexibility index (Phi) is 3.99. The maximum atomic E-state index is 5.78. The molecule has 0 amide bonds. The second-order valence-corrected chi connectivity index (χ2v) is 6.48. The normalized spacial score (nSPS) is 13.5. The fraction of sp³-hybridized carbons (Fsp3) is 0.429. The number of nitrogens with zero attached hydrogens (tertiary/aromatic N) is 2. The Morgan fingerprint density at radius 2 is 1.95 bits per heavy atom. The highest BCUT2D eigenvalue weighted by Crippen LogP contribution is 2.34. The number of nitrogens with one attached hydrogen (secondary N) is 1. The molecule has 0 fully saturated rings. The molecule has 1 unspecified atom stereocenters. The Morgan fingerprint density at radius 1 is 1.26 bits per heavy atom. The van der Waals surface area contributed by atoms with Crippen molar-refractivity contribution in [3.8, 4) is 0 Å². The van der Waals surface area contributed by atoms with Gasteiger partial charge in [-0.05, 0) is 29.6 Å². The van der Waals surface area contributed by atoms with Gasteiger partial charge in [-0.3, -0.25) is 5.84 Å². The van der Waals surface area contributed by atoms with Gasteiger partial charge in [0.05, 0.1) is 16.6 Å². The molecule has 0 saturated heterocycles. The SMILES string of the molecule is Cc1ccccc1C(NN)c1snnc1C(C)(C)C. The van der Waals surface area contributed by atoms with E-state index in [1.54, 1.807) is 0 Å². The van der Waals surface area contributed by atoms with Gasteiger partial charge >= 0.3 is 0 Å². The van der Waals surface area contributed by atoms with Gasteiger partial charge < -0.3 is 0 Å². The fourth-order valence-corrected chi connectivity index (χ4v) is 3.07. The van der Waals surface area contributed by atoms with Crippen LogP contribution in [0.2, 0.25) is 0 Å². The van der Waals surface area contributed by atoms with Crippen molar-refractivity contribution in [2.75, 3.05) is 0 Å². The number of aromatic nitrogens is 2.